The number of aliphatic hydroxyl groups excluding tert-OH is 2. The zero-order valence-corrected chi connectivity index (χ0v) is 12.1. The predicted molar refractivity (Wildman–Crippen MR) is 79.0 cm³/mol. The maximum atomic E-state index is 9.98. The Hall–Kier alpha value is -0.840. The molecule has 0 aromatic carbocycles. The summed E-state index contributed by atoms with van der Waals surface area (Å²) < 4.78 is 5.86. The van der Waals surface area contributed by atoms with Crippen molar-refractivity contribution in [1.82, 2.24) is 0 Å². The number of aliphatic hydroxyl groups is 2. The predicted octanol–water partition coefficient (Wildman–Crippen LogP) is 1.87. The van der Waals surface area contributed by atoms with Gasteiger partial charge in [-0.25, -0.2) is 0 Å². The molecule has 0 spiro atoms. The molecule has 0 saturated heterocycles. The van der Waals surface area contributed by atoms with E-state index in [0.717, 1.165) is 49.9 Å². The molecule has 0 radical (unpaired) electrons. The van der Waals surface area contributed by atoms with Crippen LogP contribution in [0.2, 0.25) is 0 Å². The zero-order valence-electron chi connectivity index (χ0n) is 12.1. The molecule has 4 N–H and O–H groups in total. The molecule has 0 aromatic heterocycles. The molecule has 0 heterocycles. The Kier molecular flexibility index (Phi) is 6.07. The average molecular weight is 281 g/mol. The van der Waals surface area contributed by atoms with Crippen LogP contribution >= 0.6 is 0 Å². The van der Waals surface area contributed by atoms with E-state index in [-0.39, 0.29) is 6.10 Å². The van der Waals surface area contributed by atoms with Gasteiger partial charge in [-0.3, -0.25) is 0 Å². The van der Waals surface area contributed by atoms with Crippen molar-refractivity contribution in [2.75, 3.05) is 13.2 Å². The van der Waals surface area contributed by atoms with Crippen molar-refractivity contribution >= 4 is 0 Å². The SMILES string of the molecule is NCC[C@@H](O)C1=CC(OC[C@H]2CCC[C@@H](O)C2)=CCC1. The van der Waals surface area contributed by atoms with Gasteiger partial charge in [0.25, 0.3) is 0 Å². The van der Waals surface area contributed by atoms with E-state index in [4.69, 9.17) is 10.5 Å². The molecule has 1 fully saturated rings. The number of nitrogens with two attached hydrogens (primary N) is 1. The molecular weight excluding hydrogens is 254 g/mol. The van der Waals surface area contributed by atoms with Crippen LogP contribution in [0.4, 0.5) is 0 Å². The second-order valence-electron chi connectivity index (χ2n) is 5.96. The van der Waals surface area contributed by atoms with E-state index < -0.39 is 6.10 Å². The summed E-state index contributed by atoms with van der Waals surface area (Å²) in [5, 5.41) is 19.6. The van der Waals surface area contributed by atoms with Gasteiger partial charge in [-0.05, 0) is 68.7 Å². The molecule has 2 rings (SSSR count). The van der Waals surface area contributed by atoms with Crippen molar-refractivity contribution in [2.45, 2.75) is 57.2 Å². The lowest BCUT2D eigenvalue weighted by atomic mass is 9.88. The summed E-state index contributed by atoms with van der Waals surface area (Å²) in [7, 11) is 0. The second-order valence-corrected chi connectivity index (χ2v) is 5.96. The Bertz CT molecular complexity index is 365. The van der Waals surface area contributed by atoms with E-state index in [9.17, 15) is 10.2 Å². The molecule has 4 heteroatoms. The summed E-state index contributed by atoms with van der Waals surface area (Å²) in [6, 6.07) is 0. The molecule has 0 amide bonds. The summed E-state index contributed by atoms with van der Waals surface area (Å²) in [4.78, 5) is 0. The standard InChI is InChI=1S/C16H27NO3/c17-8-7-16(19)13-4-2-6-15(10-13)20-11-12-3-1-5-14(18)9-12/h6,10,12,14,16,18-19H,1-5,7-9,11,17H2/t12-,14+,16+/m0/s1. The minimum absolute atomic E-state index is 0.157. The first kappa shape index (κ1) is 15.5. The van der Waals surface area contributed by atoms with Gasteiger partial charge in [-0.1, -0.05) is 6.42 Å². The third-order valence-electron chi connectivity index (χ3n) is 4.22. The van der Waals surface area contributed by atoms with Crippen LogP contribution in [-0.2, 0) is 4.74 Å². The van der Waals surface area contributed by atoms with Crippen LogP contribution in [0.25, 0.3) is 0 Å². The maximum absolute atomic E-state index is 9.98. The summed E-state index contributed by atoms with van der Waals surface area (Å²) in [6.45, 7) is 1.16. The molecule has 2 aliphatic rings. The Labute approximate surface area is 121 Å². The van der Waals surface area contributed by atoms with Crippen LogP contribution in [0.15, 0.2) is 23.5 Å². The van der Waals surface area contributed by atoms with Crippen LogP contribution in [0.3, 0.4) is 0 Å². The van der Waals surface area contributed by atoms with Gasteiger partial charge in [-0.2, -0.15) is 0 Å². The highest BCUT2D eigenvalue weighted by molar-refractivity contribution is 5.26. The first-order valence-electron chi connectivity index (χ1n) is 7.78. The van der Waals surface area contributed by atoms with E-state index in [1.165, 1.54) is 0 Å². The lowest BCUT2D eigenvalue weighted by molar-refractivity contribution is 0.0659. The molecule has 114 valence electrons. The first-order valence-corrected chi connectivity index (χ1v) is 7.78. The Morgan fingerprint density at radius 3 is 3.00 bits per heavy atom. The number of ether oxygens (including phenoxy) is 1. The van der Waals surface area contributed by atoms with Crippen molar-refractivity contribution in [3.8, 4) is 0 Å². The lowest BCUT2D eigenvalue weighted by Gasteiger charge is -2.26. The smallest absolute Gasteiger partial charge is 0.115 e. The first-order chi connectivity index (χ1) is 9.69. The van der Waals surface area contributed by atoms with Gasteiger partial charge >= 0.3 is 0 Å². The van der Waals surface area contributed by atoms with Crippen LogP contribution in [0.5, 0.6) is 0 Å². The Morgan fingerprint density at radius 2 is 2.25 bits per heavy atom. The topological polar surface area (TPSA) is 75.7 Å². The van der Waals surface area contributed by atoms with Crippen molar-refractivity contribution < 1.29 is 14.9 Å². The second kappa shape index (κ2) is 7.81. The van der Waals surface area contributed by atoms with Gasteiger partial charge < -0.3 is 20.7 Å². The summed E-state index contributed by atoms with van der Waals surface area (Å²) in [6.07, 6.45) is 9.84. The highest BCUT2D eigenvalue weighted by Crippen LogP contribution is 2.27. The molecule has 0 unspecified atom stereocenters. The van der Waals surface area contributed by atoms with E-state index in [1.54, 1.807) is 0 Å². The van der Waals surface area contributed by atoms with E-state index in [1.807, 2.05) is 6.08 Å². The largest absolute Gasteiger partial charge is 0.494 e. The van der Waals surface area contributed by atoms with Gasteiger partial charge in [0.1, 0.15) is 5.76 Å². The van der Waals surface area contributed by atoms with Crippen LogP contribution in [-0.4, -0.2) is 35.6 Å². The van der Waals surface area contributed by atoms with E-state index >= 15 is 0 Å². The van der Waals surface area contributed by atoms with Gasteiger partial charge in [0.2, 0.25) is 0 Å². The summed E-state index contributed by atoms with van der Waals surface area (Å²) >= 11 is 0. The molecule has 0 aliphatic heterocycles. The fraction of sp³-hybridized carbons (Fsp3) is 0.750. The van der Waals surface area contributed by atoms with Crippen LogP contribution in [0.1, 0.15) is 44.9 Å². The van der Waals surface area contributed by atoms with Crippen molar-refractivity contribution in [1.29, 1.82) is 0 Å². The number of hydrogen-bond acceptors (Lipinski definition) is 4. The molecule has 3 atom stereocenters. The van der Waals surface area contributed by atoms with Crippen molar-refractivity contribution in [3.63, 3.8) is 0 Å². The van der Waals surface area contributed by atoms with E-state index in [0.29, 0.717) is 25.5 Å². The molecule has 20 heavy (non-hydrogen) atoms. The molecule has 0 bridgehead atoms. The third kappa shape index (κ3) is 4.62. The monoisotopic (exact) mass is 281 g/mol. The Morgan fingerprint density at radius 1 is 1.40 bits per heavy atom. The van der Waals surface area contributed by atoms with Crippen molar-refractivity contribution in [2.24, 2.45) is 11.7 Å². The fourth-order valence-electron chi connectivity index (χ4n) is 3.03. The normalized spacial score (nSPS) is 28.6. The fourth-order valence-corrected chi connectivity index (χ4v) is 3.03. The maximum Gasteiger partial charge on any atom is 0.115 e. The van der Waals surface area contributed by atoms with Gasteiger partial charge in [-0.15, -0.1) is 0 Å². The molecule has 0 aromatic rings. The van der Waals surface area contributed by atoms with Gasteiger partial charge in [0, 0.05) is 0 Å². The quantitative estimate of drug-likeness (QED) is 0.694. The highest BCUT2D eigenvalue weighted by Gasteiger charge is 2.21. The van der Waals surface area contributed by atoms with Crippen LogP contribution in [0, 0.1) is 5.92 Å². The third-order valence-corrected chi connectivity index (χ3v) is 4.22. The number of allylic oxidation sites excluding steroid dienone is 2. The van der Waals surface area contributed by atoms with Crippen LogP contribution < -0.4 is 5.73 Å². The van der Waals surface area contributed by atoms with E-state index in [2.05, 4.69) is 6.08 Å². The molecule has 1 saturated carbocycles. The number of rotatable bonds is 6. The van der Waals surface area contributed by atoms with Crippen molar-refractivity contribution in [3.05, 3.63) is 23.5 Å². The molecule has 2 aliphatic carbocycles. The number of hydrogen-bond donors (Lipinski definition) is 3. The summed E-state index contributed by atoms with van der Waals surface area (Å²) in [5.41, 5.74) is 6.51. The minimum Gasteiger partial charge on any atom is -0.494 e. The lowest BCUT2D eigenvalue weighted by Crippen LogP contribution is -2.23. The summed E-state index contributed by atoms with van der Waals surface area (Å²) in [5.74, 6) is 1.31. The molecule has 4 nitrogen and oxygen atoms in total. The Balaban J connectivity index is 1.81. The zero-order chi connectivity index (χ0) is 14.4. The highest BCUT2D eigenvalue weighted by atomic mass is 16.5. The molecular formula is C16H27NO3. The van der Waals surface area contributed by atoms with Gasteiger partial charge in [0.05, 0.1) is 18.8 Å². The minimum atomic E-state index is -0.441. The van der Waals surface area contributed by atoms with Gasteiger partial charge in [0.15, 0.2) is 0 Å². The average Bonchev–Trinajstić information content (AvgIpc) is 2.46.